The summed E-state index contributed by atoms with van der Waals surface area (Å²) in [6.07, 6.45) is 2.14. The number of alkyl halides is 3. The van der Waals surface area contributed by atoms with E-state index in [2.05, 4.69) is 0 Å². The van der Waals surface area contributed by atoms with E-state index in [0.29, 0.717) is 12.3 Å². The zero-order valence-corrected chi connectivity index (χ0v) is 9.73. The highest BCUT2D eigenvalue weighted by molar-refractivity contribution is 6.31. The molecule has 3 N–H and O–H groups in total. The van der Waals surface area contributed by atoms with Gasteiger partial charge in [0.25, 0.3) is 0 Å². The van der Waals surface area contributed by atoms with Crippen molar-refractivity contribution < 1.29 is 15.3 Å². The molecule has 0 spiro atoms. The Balaban J connectivity index is 3.99. The molecule has 2 unspecified atom stereocenters. The van der Waals surface area contributed by atoms with Crippen LogP contribution in [0.1, 0.15) is 19.3 Å². The van der Waals surface area contributed by atoms with Crippen molar-refractivity contribution >= 4 is 34.8 Å². The topological polar surface area (TPSA) is 60.7 Å². The third-order valence-electron chi connectivity index (χ3n) is 1.67. The van der Waals surface area contributed by atoms with Crippen LogP contribution in [0.5, 0.6) is 0 Å². The zero-order valence-electron chi connectivity index (χ0n) is 7.46. The lowest BCUT2D eigenvalue weighted by atomic mass is 10.1. The number of unbranched alkanes of at least 4 members (excludes halogenated alkanes) is 1. The molecule has 0 aromatic carbocycles. The number of allylic oxidation sites excluding steroid dienone is 1. The van der Waals surface area contributed by atoms with E-state index in [0.717, 1.165) is 12.8 Å². The second-order valence-corrected chi connectivity index (χ2v) is 4.22. The van der Waals surface area contributed by atoms with E-state index >= 15 is 0 Å². The van der Waals surface area contributed by atoms with Gasteiger partial charge in [0.05, 0.1) is 5.38 Å². The molecule has 0 saturated heterocycles. The van der Waals surface area contributed by atoms with Crippen molar-refractivity contribution in [2.24, 2.45) is 0 Å². The fourth-order valence-electron chi connectivity index (χ4n) is 0.875. The van der Waals surface area contributed by atoms with Gasteiger partial charge in [-0.3, -0.25) is 0 Å². The highest BCUT2D eigenvalue weighted by atomic mass is 35.5. The second kappa shape index (κ2) is 7.32. The van der Waals surface area contributed by atoms with Crippen LogP contribution in [0.4, 0.5) is 0 Å². The van der Waals surface area contributed by atoms with Gasteiger partial charge in [-0.2, -0.15) is 0 Å². The van der Waals surface area contributed by atoms with Gasteiger partial charge in [0.1, 0.15) is 5.38 Å². The number of hydrogen-bond acceptors (Lipinski definition) is 3. The number of rotatable bonds is 6. The summed E-state index contributed by atoms with van der Waals surface area (Å²) in [6, 6.07) is 0. The first-order valence-electron chi connectivity index (χ1n) is 4.15. The van der Waals surface area contributed by atoms with Crippen LogP contribution >= 0.6 is 34.8 Å². The van der Waals surface area contributed by atoms with E-state index in [4.69, 9.17) is 50.1 Å². The molecule has 0 fully saturated rings. The summed E-state index contributed by atoms with van der Waals surface area (Å²) < 4.78 is 0. The van der Waals surface area contributed by atoms with E-state index in [-0.39, 0.29) is 0 Å². The molecule has 0 aliphatic carbocycles. The SMILES string of the molecule is OC(O)=C(O)C(Cl)C(Cl)CCCCCl. The van der Waals surface area contributed by atoms with Gasteiger partial charge in [0.2, 0.25) is 0 Å². The Labute approximate surface area is 97.9 Å². The Bertz CT molecular complexity index is 192. The van der Waals surface area contributed by atoms with Crippen LogP contribution < -0.4 is 0 Å². The van der Waals surface area contributed by atoms with Crippen LogP contribution in [0, 0.1) is 0 Å². The Morgan fingerprint density at radius 3 is 2.07 bits per heavy atom. The normalized spacial score (nSPS) is 14.8. The molecule has 0 aromatic rings. The number of aliphatic hydroxyl groups is 3. The molecule has 0 bridgehead atoms. The van der Waals surface area contributed by atoms with Crippen molar-refractivity contribution in [1.82, 2.24) is 0 Å². The lowest BCUT2D eigenvalue weighted by Crippen LogP contribution is -2.19. The molecule has 0 aliphatic heterocycles. The van der Waals surface area contributed by atoms with Crippen LogP contribution in [0.15, 0.2) is 11.7 Å². The van der Waals surface area contributed by atoms with Gasteiger partial charge in [-0.15, -0.1) is 34.8 Å². The maximum atomic E-state index is 9.06. The van der Waals surface area contributed by atoms with Crippen molar-refractivity contribution in [3.8, 4) is 0 Å². The highest BCUT2D eigenvalue weighted by Gasteiger charge is 2.23. The lowest BCUT2D eigenvalue weighted by Gasteiger charge is -2.14. The maximum absolute atomic E-state index is 9.06. The quantitative estimate of drug-likeness (QED) is 0.391. The van der Waals surface area contributed by atoms with Crippen LogP contribution in [0.3, 0.4) is 0 Å². The monoisotopic (exact) mass is 262 g/mol. The fraction of sp³-hybridized carbons (Fsp3) is 0.750. The minimum Gasteiger partial charge on any atom is -0.505 e. The van der Waals surface area contributed by atoms with Gasteiger partial charge in [0, 0.05) is 5.88 Å². The van der Waals surface area contributed by atoms with Crippen molar-refractivity contribution in [1.29, 1.82) is 0 Å². The molecule has 0 aromatic heterocycles. The molecule has 0 radical (unpaired) electrons. The molecule has 6 heteroatoms. The first kappa shape index (κ1) is 14.0. The average molecular weight is 264 g/mol. The summed E-state index contributed by atoms with van der Waals surface area (Å²) in [6.45, 7) is 0. The molecule has 2 atom stereocenters. The van der Waals surface area contributed by atoms with E-state index in [1.165, 1.54) is 0 Å². The molecule has 0 amide bonds. The minimum atomic E-state index is -1.19. The molecule has 84 valence electrons. The van der Waals surface area contributed by atoms with Gasteiger partial charge in [-0.1, -0.05) is 6.42 Å². The Morgan fingerprint density at radius 2 is 1.64 bits per heavy atom. The summed E-state index contributed by atoms with van der Waals surface area (Å²) >= 11 is 16.9. The van der Waals surface area contributed by atoms with Crippen molar-refractivity contribution in [3.05, 3.63) is 11.7 Å². The molecular weight excluding hydrogens is 250 g/mol. The molecule has 0 rings (SSSR count). The third kappa shape index (κ3) is 5.03. The van der Waals surface area contributed by atoms with Crippen molar-refractivity contribution in [3.63, 3.8) is 0 Å². The summed E-state index contributed by atoms with van der Waals surface area (Å²) in [5.74, 6) is -1.34. The van der Waals surface area contributed by atoms with Crippen LogP contribution in [-0.2, 0) is 0 Å². The third-order valence-corrected chi connectivity index (χ3v) is 3.05. The largest absolute Gasteiger partial charge is 0.505 e. The Morgan fingerprint density at radius 1 is 1.07 bits per heavy atom. The smallest absolute Gasteiger partial charge is 0.315 e. The predicted octanol–water partition coefficient (Wildman–Crippen LogP) is 3.45. The standard InChI is InChI=1S/C8H13Cl3O3/c9-4-2-1-3-5(10)6(11)7(12)8(13)14/h5-6,12-14H,1-4H2. The summed E-state index contributed by atoms with van der Waals surface area (Å²) in [5.41, 5.74) is 0. The molecule has 0 aliphatic rings. The van der Waals surface area contributed by atoms with E-state index < -0.39 is 22.5 Å². The molecular formula is C8H13Cl3O3. The minimum absolute atomic E-state index is 0.545. The van der Waals surface area contributed by atoms with Gasteiger partial charge < -0.3 is 15.3 Å². The Kier molecular flexibility index (Phi) is 7.33. The van der Waals surface area contributed by atoms with Crippen LogP contribution in [-0.4, -0.2) is 32.0 Å². The summed E-state index contributed by atoms with van der Waals surface area (Å²) in [5, 5.41) is 24.6. The van der Waals surface area contributed by atoms with Gasteiger partial charge in [-0.05, 0) is 12.8 Å². The lowest BCUT2D eigenvalue weighted by molar-refractivity contribution is 0.154. The Hall–Kier alpha value is 0.01000. The number of hydrogen-bond donors (Lipinski definition) is 3. The zero-order chi connectivity index (χ0) is 11.1. The second-order valence-electron chi connectivity index (χ2n) is 2.81. The maximum Gasteiger partial charge on any atom is 0.315 e. The predicted molar refractivity (Wildman–Crippen MR) is 58.8 cm³/mol. The van der Waals surface area contributed by atoms with Crippen LogP contribution in [0.25, 0.3) is 0 Å². The first-order chi connectivity index (χ1) is 6.50. The van der Waals surface area contributed by atoms with Crippen LogP contribution in [0.2, 0.25) is 0 Å². The highest BCUT2D eigenvalue weighted by Crippen LogP contribution is 2.22. The van der Waals surface area contributed by atoms with Gasteiger partial charge in [0.15, 0.2) is 5.76 Å². The molecule has 0 saturated carbocycles. The summed E-state index contributed by atoms with van der Waals surface area (Å²) in [4.78, 5) is 0. The average Bonchev–Trinajstić information content (AvgIpc) is 2.15. The molecule has 0 heterocycles. The van der Waals surface area contributed by atoms with E-state index in [9.17, 15) is 0 Å². The van der Waals surface area contributed by atoms with E-state index in [1.807, 2.05) is 0 Å². The van der Waals surface area contributed by atoms with Crippen molar-refractivity contribution in [2.45, 2.75) is 30.0 Å². The molecule has 14 heavy (non-hydrogen) atoms. The van der Waals surface area contributed by atoms with Gasteiger partial charge >= 0.3 is 5.95 Å². The van der Waals surface area contributed by atoms with E-state index in [1.54, 1.807) is 0 Å². The van der Waals surface area contributed by atoms with Crippen molar-refractivity contribution in [2.75, 3.05) is 5.88 Å². The fourth-order valence-corrected chi connectivity index (χ4v) is 1.56. The number of halogens is 3. The first-order valence-corrected chi connectivity index (χ1v) is 5.56. The summed E-state index contributed by atoms with van der Waals surface area (Å²) in [7, 11) is 0. The van der Waals surface area contributed by atoms with Gasteiger partial charge in [-0.25, -0.2) is 0 Å². The number of aliphatic hydroxyl groups excluding tert-OH is 2. The molecule has 3 nitrogen and oxygen atoms in total.